The van der Waals surface area contributed by atoms with Crippen molar-refractivity contribution in [3.8, 4) is 0 Å². The molecule has 0 saturated carbocycles. The minimum absolute atomic E-state index is 0.218. The van der Waals surface area contributed by atoms with Gasteiger partial charge in [0.1, 0.15) is 0 Å². The lowest BCUT2D eigenvalue weighted by Gasteiger charge is -2.16. The zero-order valence-corrected chi connectivity index (χ0v) is 11.4. The number of aromatic nitrogens is 1. The van der Waals surface area contributed by atoms with Crippen molar-refractivity contribution >= 4 is 17.7 Å². The van der Waals surface area contributed by atoms with E-state index in [1.165, 1.54) is 0 Å². The number of carbonyl (C=O) groups is 1. The number of methoxy groups -OCH3 is 1. The Labute approximate surface area is 112 Å². The van der Waals surface area contributed by atoms with Crippen molar-refractivity contribution in [1.82, 2.24) is 9.88 Å². The highest BCUT2D eigenvalue weighted by molar-refractivity contribution is 8.00. The minimum atomic E-state index is 0.218. The van der Waals surface area contributed by atoms with Crippen LogP contribution in [0.2, 0.25) is 0 Å². The number of thioether (sulfide) groups is 1. The Kier molecular flexibility index (Phi) is 5.01. The summed E-state index contributed by atoms with van der Waals surface area (Å²) in [6, 6.07) is 3.85. The van der Waals surface area contributed by atoms with Crippen molar-refractivity contribution in [2.45, 2.75) is 11.3 Å². The highest BCUT2D eigenvalue weighted by atomic mass is 32.2. The van der Waals surface area contributed by atoms with Gasteiger partial charge in [-0.2, -0.15) is 0 Å². The minimum Gasteiger partial charge on any atom is -0.384 e. The first kappa shape index (κ1) is 13.4. The third kappa shape index (κ3) is 3.71. The van der Waals surface area contributed by atoms with Gasteiger partial charge in [-0.3, -0.25) is 9.78 Å². The zero-order valence-electron chi connectivity index (χ0n) is 10.5. The molecule has 2 rings (SSSR count). The average molecular weight is 266 g/mol. The largest absolute Gasteiger partial charge is 0.384 e. The van der Waals surface area contributed by atoms with Crippen LogP contribution in [0.1, 0.15) is 6.42 Å². The molecule has 2 heterocycles. The van der Waals surface area contributed by atoms with Crippen molar-refractivity contribution in [3.63, 3.8) is 0 Å². The highest BCUT2D eigenvalue weighted by Gasteiger charge is 2.25. The summed E-state index contributed by atoms with van der Waals surface area (Å²) >= 11 is 1.57. The molecule has 98 valence electrons. The molecular weight excluding hydrogens is 248 g/mol. The molecule has 0 aromatic carbocycles. The molecule has 0 spiro atoms. The summed E-state index contributed by atoms with van der Waals surface area (Å²) in [5.41, 5.74) is 0. The summed E-state index contributed by atoms with van der Waals surface area (Å²) in [5.74, 6) is 1.23. The first-order valence-electron chi connectivity index (χ1n) is 6.09. The van der Waals surface area contributed by atoms with Gasteiger partial charge >= 0.3 is 0 Å². The molecular formula is C13H18N2O2S. The Morgan fingerprint density at radius 1 is 1.56 bits per heavy atom. The molecule has 4 nitrogen and oxygen atoms in total. The molecule has 1 amide bonds. The molecule has 1 aromatic rings. The maximum absolute atomic E-state index is 12.0. The number of hydrogen-bond acceptors (Lipinski definition) is 4. The van der Waals surface area contributed by atoms with Crippen LogP contribution in [0.25, 0.3) is 0 Å². The quantitative estimate of drug-likeness (QED) is 0.760. The van der Waals surface area contributed by atoms with Crippen LogP contribution < -0.4 is 0 Å². The first-order chi connectivity index (χ1) is 8.79. The van der Waals surface area contributed by atoms with E-state index in [0.29, 0.717) is 11.7 Å². The maximum atomic E-state index is 12.0. The van der Waals surface area contributed by atoms with Crippen molar-refractivity contribution < 1.29 is 9.53 Å². The van der Waals surface area contributed by atoms with Crippen LogP contribution >= 0.6 is 11.8 Å². The molecule has 0 radical (unpaired) electrons. The van der Waals surface area contributed by atoms with Gasteiger partial charge in [-0.1, -0.05) is 0 Å². The Morgan fingerprint density at radius 2 is 2.33 bits per heavy atom. The number of hydrogen-bond donors (Lipinski definition) is 0. The predicted molar refractivity (Wildman–Crippen MR) is 71.5 cm³/mol. The molecule has 0 N–H and O–H groups in total. The normalized spacial score (nSPS) is 19.2. The summed E-state index contributed by atoms with van der Waals surface area (Å²) in [5, 5.41) is 0. The van der Waals surface area contributed by atoms with E-state index in [2.05, 4.69) is 4.98 Å². The summed E-state index contributed by atoms with van der Waals surface area (Å²) in [4.78, 5) is 19.0. The second-order valence-electron chi connectivity index (χ2n) is 4.42. The van der Waals surface area contributed by atoms with Gasteiger partial charge in [0.15, 0.2) is 0 Å². The van der Waals surface area contributed by atoms with Crippen LogP contribution in [0.3, 0.4) is 0 Å². The number of pyridine rings is 1. The van der Waals surface area contributed by atoms with Crippen LogP contribution in [0, 0.1) is 5.92 Å². The smallest absolute Gasteiger partial charge is 0.232 e. The standard InChI is InChI=1S/C13H18N2O2S/c1-17-9-11-4-7-15(8-11)13(16)10-18-12-2-5-14-6-3-12/h2-3,5-6,11H,4,7-10H2,1H3/t11-/m1/s1. The van der Waals surface area contributed by atoms with Crippen molar-refractivity contribution in [3.05, 3.63) is 24.5 Å². The van der Waals surface area contributed by atoms with Gasteiger partial charge in [-0.15, -0.1) is 11.8 Å². The second kappa shape index (κ2) is 6.75. The van der Waals surface area contributed by atoms with Crippen molar-refractivity contribution in [1.29, 1.82) is 0 Å². The second-order valence-corrected chi connectivity index (χ2v) is 5.47. The molecule has 0 unspecified atom stereocenters. The monoisotopic (exact) mass is 266 g/mol. The Balaban J connectivity index is 1.76. The SMILES string of the molecule is COC[C@@H]1CCN(C(=O)CSc2ccncc2)C1. The third-order valence-electron chi connectivity index (χ3n) is 3.05. The van der Waals surface area contributed by atoms with Gasteiger partial charge in [0, 0.05) is 43.4 Å². The van der Waals surface area contributed by atoms with Gasteiger partial charge in [-0.25, -0.2) is 0 Å². The fourth-order valence-corrected chi connectivity index (χ4v) is 2.89. The summed E-state index contributed by atoms with van der Waals surface area (Å²) in [6.07, 6.45) is 4.55. The molecule has 1 aliphatic heterocycles. The lowest BCUT2D eigenvalue weighted by atomic mass is 10.1. The molecule has 18 heavy (non-hydrogen) atoms. The zero-order chi connectivity index (χ0) is 12.8. The fourth-order valence-electron chi connectivity index (χ4n) is 2.10. The van der Waals surface area contributed by atoms with E-state index >= 15 is 0 Å². The van der Waals surface area contributed by atoms with Crippen molar-refractivity contribution in [2.75, 3.05) is 32.6 Å². The number of likely N-dealkylation sites (tertiary alicyclic amines) is 1. The van der Waals surface area contributed by atoms with Crippen LogP contribution in [0.5, 0.6) is 0 Å². The summed E-state index contributed by atoms with van der Waals surface area (Å²) in [7, 11) is 1.71. The van der Waals surface area contributed by atoms with Crippen molar-refractivity contribution in [2.24, 2.45) is 5.92 Å². The number of carbonyl (C=O) groups excluding carboxylic acids is 1. The summed E-state index contributed by atoms with van der Waals surface area (Å²) < 4.78 is 5.13. The fraction of sp³-hybridized carbons (Fsp3) is 0.538. The third-order valence-corrected chi connectivity index (χ3v) is 4.05. The number of ether oxygens (including phenoxy) is 1. The van der Waals surface area contributed by atoms with E-state index in [9.17, 15) is 4.79 Å². The topological polar surface area (TPSA) is 42.4 Å². The van der Waals surface area contributed by atoms with Gasteiger partial charge in [-0.05, 0) is 18.6 Å². The highest BCUT2D eigenvalue weighted by Crippen LogP contribution is 2.20. The molecule has 1 fully saturated rings. The Bertz CT molecular complexity index is 386. The first-order valence-corrected chi connectivity index (χ1v) is 7.07. The van der Waals surface area contributed by atoms with Crippen LogP contribution in [0.4, 0.5) is 0 Å². The number of rotatable bonds is 5. The van der Waals surface area contributed by atoms with E-state index < -0.39 is 0 Å². The van der Waals surface area contributed by atoms with Gasteiger partial charge in [0.2, 0.25) is 5.91 Å². The van der Waals surface area contributed by atoms with Gasteiger partial charge in [0.05, 0.1) is 12.4 Å². The Hall–Kier alpha value is -1.07. The van der Waals surface area contributed by atoms with Gasteiger partial charge in [0.25, 0.3) is 0 Å². The lowest BCUT2D eigenvalue weighted by Crippen LogP contribution is -2.30. The number of amides is 1. The predicted octanol–water partition coefficient (Wildman–Crippen LogP) is 1.67. The van der Waals surface area contributed by atoms with E-state index in [1.54, 1.807) is 31.3 Å². The Morgan fingerprint density at radius 3 is 3.06 bits per heavy atom. The van der Waals surface area contributed by atoms with Crippen LogP contribution in [0.15, 0.2) is 29.4 Å². The van der Waals surface area contributed by atoms with E-state index in [1.807, 2.05) is 17.0 Å². The van der Waals surface area contributed by atoms with Crippen LogP contribution in [-0.4, -0.2) is 48.4 Å². The lowest BCUT2D eigenvalue weighted by molar-refractivity contribution is -0.127. The number of nitrogens with zero attached hydrogens (tertiary/aromatic N) is 2. The van der Waals surface area contributed by atoms with E-state index in [0.717, 1.165) is 31.0 Å². The maximum Gasteiger partial charge on any atom is 0.232 e. The molecule has 0 aliphatic carbocycles. The van der Waals surface area contributed by atoms with Crippen LogP contribution in [-0.2, 0) is 9.53 Å². The van der Waals surface area contributed by atoms with E-state index in [-0.39, 0.29) is 5.91 Å². The van der Waals surface area contributed by atoms with E-state index in [4.69, 9.17) is 4.74 Å². The molecule has 5 heteroatoms. The average Bonchev–Trinajstić information content (AvgIpc) is 2.86. The molecule has 1 saturated heterocycles. The van der Waals surface area contributed by atoms with Gasteiger partial charge < -0.3 is 9.64 Å². The molecule has 1 aromatic heterocycles. The molecule has 1 aliphatic rings. The molecule has 0 bridgehead atoms. The summed E-state index contributed by atoms with van der Waals surface area (Å²) in [6.45, 7) is 2.45. The molecule has 1 atom stereocenters.